The van der Waals surface area contributed by atoms with E-state index in [-0.39, 0.29) is 16.2 Å². The maximum absolute atomic E-state index is 5.08. The molecule has 0 bridgehead atoms. The monoisotopic (exact) mass is 905 g/mol. The van der Waals surface area contributed by atoms with Gasteiger partial charge in [0.25, 0.3) is 0 Å². The summed E-state index contributed by atoms with van der Waals surface area (Å²) in [6.45, 7) is 26.0. The molecule has 7 aromatic carbocycles. The van der Waals surface area contributed by atoms with Gasteiger partial charge in [-0.2, -0.15) is 4.48 Å². The van der Waals surface area contributed by atoms with Gasteiger partial charge >= 0.3 is 0 Å². The summed E-state index contributed by atoms with van der Waals surface area (Å²) < 4.78 is 2.71. The highest BCUT2D eigenvalue weighted by Gasteiger charge is 2.41. The number of rotatable bonds is 8. The lowest BCUT2D eigenvalue weighted by Gasteiger charge is -2.38. The minimum atomic E-state index is -0.0416. The highest BCUT2D eigenvalue weighted by Crippen LogP contribution is 2.54. The molecule has 0 atom stereocenters. The van der Waals surface area contributed by atoms with Crippen LogP contribution in [0.2, 0.25) is 0 Å². The quantitative estimate of drug-likeness (QED) is 0.142. The Balaban J connectivity index is 1.25. The topological polar surface area (TPSA) is 24.3 Å². The van der Waals surface area contributed by atoms with Crippen LogP contribution >= 0.6 is 0 Å². The molecule has 0 radical (unpaired) electrons. The maximum atomic E-state index is 5.08. The predicted molar refractivity (Wildman–Crippen MR) is 295 cm³/mol. The highest BCUT2D eigenvalue weighted by atomic mass is 15.4. The summed E-state index contributed by atoms with van der Waals surface area (Å²) in [4.78, 5) is 10.1. The Morgan fingerprint density at radius 1 is 0.406 bits per heavy atom. The fraction of sp³-hybridized carbons (Fsp3) is 0.234. The number of nitrogens with zero attached hydrogens (tertiary/aromatic N) is 5. The fourth-order valence-electron chi connectivity index (χ4n) is 10.3. The van der Waals surface area contributed by atoms with Gasteiger partial charge in [0, 0.05) is 88.3 Å². The zero-order chi connectivity index (χ0) is 48.5. The summed E-state index contributed by atoms with van der Waals surface area (Å²) in [6.07, 6.45) is 1.97. The van der Waals surface area contributed by atoms with Crippen molar-refractivity contribution in [2.75, 3.05) is 16.5 Å². The van der Waals surface area contributed by atoms with E-state index in [0.29, 0.717) is 11.2 Å². The number of aromatic nitrogens is 2. The SMILES string of the molecule is CC1=C(C)N(c2cc(-c3ccccc3)cc([N+](c3ccccc3)(c3ccccc3)c3ccc4c5ccccc5n(-c5cc(C(C)(C)C)ccn5)c4c3)c2)CN1c1cc(C(C)(C)C)cc(C(C)(C)C)c1. The Morgan fingerprint density at radius 2 is 0.928 bits per heavy atom. The van der Waals surface area contributed by atoms with E-state index < -0.39 is 0 Å². The van der Waals surface area contributed by atoms with E-state index in [9.17, 15) is 0 Å². The standard InChI is InChI=1S/C64H66N5/c1-44-45(2)67(52-38-49(63(6,7)8)37-50(39-52)64(9,10)11)43-66(44)51-35-47(46-23-15-12-16-24-46)36-56(41-51)69(53-25-17-13-18-26-53,54-27-19-14-20-28-54)55-31-32-58-57-29-21-22-30-59(57)68(60(58)42-55)61-40-48(33-34-65-61)62(3,4)5/h12-42H,43H2,1-11H3/q+1. The maximum Gasteiger partial charge on any atom is 0.150 e. The fourth-order valence-corrected chi connectivity index (χ4v) is 10.3. The van der Waals surface area contributed by atoms with Crippen LogP contribution in [0.15, 0.2) is 200 Å². The van der Waals surface area contributed by atoms with Crippen LogP contribution in [-0.4, -0.2) is 16.2 Å². The second kappa shape index (κ2) is 17.1. The average molecular weight is 905 g/mol. The predicted octanol–water partition coefficient (Wildman–Crippen LogP) is 17.6. The van der Waals surface area contributed by atoms with Gasteiger partial charge in [-0.25, -0.2) is 4.98 Å². The Hall–Kier alpha value is -7.21. The van der Waals surface area contributed by atoms with Crippen LogP contribution in [0.1, 0.15) is 92.9 Å². The molecule has 1 aliphatic rings. The molecule has 10 rings (SSSR count). The molecule has 5 nitrogen and oxygen atoms in total. The second-order valence-corrected chi connectivity index (χ2v) is 22.1. The molecule has 0 spiro atoms. The molecule has 3 heterocycles. The molecule has 0 fully saturated rings. The number of benzene rings is 7. The van der Waals surface area contributed by atoms with Gasteiger partial charge in [0.1, 0.15) is 22.9 Å². The molecule has 0 amide bonds. The van der Waals surface area contributed by atoms with Gasteiger partial charge in [0.05, 0.1) is 17.7 Å². The molecular weight excluding hydrogens is 839 g/mol. The zero-order valence-electron chi connectivity index (χ0n) is 42.3. The number of quaternary nitrogens is 1. The van der Waals surface area contributed by atoms with E-state index in [1.807, 2.05) is 6.20 Å². The molecule has 0 saturated heterocycles. The van der Waals surface area contributed by atoms with E-state index in [4.69, 9.17) is 4.98 Å². The van der Waals surface area contributed by atoms with Crippen LogP contribution in [0.3, 0.4) is 0 Å². The Morgan fingerprint density at radius 3 is 1.51 bits per heavy atom. The summed E-state index contributed by atoms with van der Waals surface area (Å²) in [7, 11) is 0. The number of anilines is 2. The van der Waals surface area contributed by atoms with Crippen molar-refractivity contribution >= 4 is 55.9 Å². The zero-order valence-corrected chi connectivity index (χ0v) is 42.3. The highest BCUT2D eigenvalue weighted by molar-refractivity contribution is 6.10. The van der Waals surface area contributed by atoms with Crippen LogP contribution in [0, 0.1) is 0 Å². The van der Waals surface area contributed by atoms with Gasteiger partial charge in [-0.3, -0.25) is 4.57 Å². The van der Waals surface area contributed by atoms with Gasteiger partial charge in [-0.1, -0.05) is 153 Å². The average Bonchev–Trinajstić information content (AvgIpc) is 3.84. The van der Waals surface area contributed by atoms with Crippen LogP contribution in [0.5, 0.6) is 0 Å². The molecule has 1 aliphatic heterocycles. The van der Waals surface area contributed by atoms with Crippen molar-refractivity contribution in [1.29, 1.82) is 0 Å². The second-order valence-electron chi connectivity index (χ2n) is 22.1. The summed E-state index contributed by atoms with van der Waals surface area (Å²) in [5.74, 6) is 0.913. The van der Waals surface area contributed by atoms with Crippen LogP contribution in [0.25, 0.3) is 38.8 Å². The summed E-state index contributed by atoms with van der Waals surface area (Å²) in [5, 5.41) is 2.39. The summed E-state index contributed by atoms with van der Waals surface area (Å²) in [5.41, 5.74) is 17.9. The van der Waals surface area contributed by atoms with Crippen LogP contribution in [0.4, 0.5) is 34.1 Å². The third-order valence-electron chi connectivity index (χ3n) is 14.5. The molecule has 2 aromatic heterocycles. The molecular formula is C64H66N5+. The van der Waals surface area contributed by atoms with E-state index >= 15 is 0 Å². The minimum Gasteiger partial charge on any atom is -0.325 e. The first-order chi connectivity index (χ1) is 32.9. The van der Waals surface area contributed by atoms with E-state index in [0.717, 1.165) is 50.9 Å². The molecule has 0 aliphatic carbocycles. The largest absolute Gasteiger partial charge is 0.325 e. The number of para-hydroxylation sites is 3. The molecule has 346 valence electrons. The third kappa shape index (κ3) is 8.13. The van der Waals surface area contributed by atoms with Crippen molar-refractivity contribution < 1.29 is 0 Å². The summed E-state index contributed by atoms with van der Waals surface area (Å²) in [6, 6.07) is 67.8. The van der Waals surface area contributed by atoms with E-state index in [1.165, 1.54) is 50.1 Å². The lowest BCUT2D eigenvalue weighted by molar-refractivity contribution is 0.568. The van der Waals surface area contributed by atoms with Crippen molar-refractivity contribution in [3.8, 4) is 16.9 Å². The molecule has 0 N–H and O–H groups in total. The first kappa shape index (κ1) is 45.6. The van der Waals surface area contributed by atoms with Gasteiger partial charge in [-0.15, -0.1) is 0 Å². The molecule has 0 unspecified atom stereocenters. The van der Waals surface area contributed by atoms with Gasteiger partial charge in [-0.05, 0) is 100 Å². The number of pyridine rings is 1. The molecule has 0 saturated carbocycles. The van der Waals surface area contributed by atoms with Crippen LogP contribution in [-0.2, 0) is 16.2 Å². The Kier molecular flexibility index (Phi) is 11.3. The molecule has 9 aromatic rings. The minimum absolute atomic E-state index is 0.00147. The third-order valence-corrected chi connectivity index (χ3v) is 14.5. The normalized spacial score (nSPS) is 13.8. The Bertz CT molecular complexity index is 3310. The Labute approximate surface area is 410 Å². The smallest absolute Gasteiger partial charge is 0.150 e. The van der Waals surface area contributed by atoms with Crippen molar-refractivity contribution in [3.63, 3.8) is 0 Å². The van der Waals surface area contributed by atoms with Crippen molar-refractivity contribution in [2.24, 2.45) is 0 Å². The van der Waals surface area contributed by atoms with Gasteiger partial charge < -0.3 is 9.80 Å². The molecule has 5 heteroatoms. The lowest BCUT2D eigenvalue weighted by atomic mass is 9.80. The van der Waals surface area contributed by atoms with Crippen LogP contribution < -0.4 is 14.3 Å². The molecule has 69 heavy (non-hydrogen) atoms. The number of allylic oxidation sites excluding steroid dienone is 2. The number of fused-ring (bicyclic) bond motifs is 3. The lowest BCUT2D eigenvalue weighted by Crippen LogP contribution is -2.34. The first-order valence-corrected chi connectivity index (χ1v) is 24.5. The number of hydrogen-bond acceptors (Lipinski definition) is 3. The van der Waals surface area contributed by atoms with E-state index in [2.05, 4.69) is 273 Å². The van der Waals surface area contributed by atoms with Crippen molar-refractivity contribution in [3.05, 3.63) is 216 Å². The first-order valence-electron chi connectivity index (χ1n) is 24.5. The van der Waals surface area contributed by atoms with Crippen molar-refractivity contribution in [1.82, 2.24) is 14.0 Å². The summed E-state index contributed by atoms with van der Waals surface area (Å²) >= 11 is 0. The van der Waals surface area contributed by atoms with Gasteiger partial charge in [0.2, 0.25) is 0 Å². The van der Waals surface area contributed by atoms with Gasteiger partial charge in [0.15, 0.2) is 5.69 Å². The number of hydrogen-bond donors (Lipinski definition) is 0. The van der Waals surface area contributed by atoms with Crippen molar-refractivity contribution in [2.45, 2.75) is 92.4 Å². The van der Waals surface area contributed by atoms with E-state index in [1.54, 1.807) is 0 Å².